The summed E-state index contributed by atoms with van der Waals surface area (Å²) in [6, 6.07) is -1.17. The third-order valence-electron chi connectivity index (χ3n) is 4.75. The highest BCUT2D eigenvalue weighted by atomic mass is 32.2. The molecule has 0 bridgehead atoms. The molecule has 0 radical (unpaired) electrons. The number of hydrogen-bond donors (Lipinski definition) is 3. The Morgan fingerprint density at radius 3 is 2.68 bits per heavy atom. The van der Waals surface area contributed by atoms with Crippen LogP contribution in [0, 0.1) is 0 Å². The molecule has 1 saturated heterocycles. The van der Waals surface area contributed by atoms with Gasteiger partial charge in [0.25, 0.3) is 5.91 Å². The molecule has 3 N–H and O–H groups in total. The number of rotatable bonds is 12. The fourth-order valence-electron chi connectivity index (χ4n) is 3.32. The molecule has 21 heteroatoms. The maximum absolute atomic E-state index is 12.6. The Labute approximate surface area is 218 Å². The first-order chi connectivity index (χ1) is 17.2. The van der Waals surface area contributed by atoms with Crippen molar-refractivity contribution in [3.63, 3.8) is 0 Å². The first kappa shape index (κ1) is 29.3. The fourth-order valence-corrected chi connectivity index (χ4v) is 7.01. The summed E-state index contributed by atoms with van der Waals surface area (Å²) in [5.74, 6) is -5.52. The normalized spacial score (nSPS) is 20.9. The van der Waals surface area contributed by atoms with Gasteiger partial charge in [0, 0.05) is 28.9 Å². The molecule has 1 fully saturated rings. The second kappa shape index (κ2) is 11.7. The maximum Gasteiger partial charge on any atom is 0.400 e. The van der Waals surface area contributed by atoms with E-state index in [1.54, 1.807) is 0 Å². The molecule has 2 amide bonds. The number of nitrogens with one attached hydrogen (secondary N) is 2. The highest BCUT2D eigenvalue weighted by Gasteiger charge is 2.54. The lowest BCUT2D eigenvalue weighted by Gasteiger charge is -2.49. The molecule has 3 heterocycles. The van der Waals surface area contributed by atoms with Gasteiger partial charge in [-0.2, -0.15) is 13.2 Å². The number of alkyl halides is 3. The summed E-state index contributed by atoms with van der Waals surface area (Å²) in [5, 5.41) is 22.6. The lowest BCUT2D eigenvalue weighted by molar-refractivity contribution is -0.150. The van der Waals surface area contributed by atoms with Crippen molar-refractivity contribution in [3.8, 4) is 0 Å². The van der Waals surface area contributed by atoms with E-state index in [0.717, 1.165) is 34.7 Å². The number of tetrazole rings is 1. The van der Waals surface area contributed by atoms with Gasteiger partial charge in [-0.25, -0.2) is 22.6 Å². The van der Waals surface area contributed by atoms with Crippen molar-refractivity contribution in [3.05, 3.63) is 11.3 Å². The number of aromatic nitrogens is 4. The van der Waals surface area contributed by atoms with Gasteiger partial charge in [0.2, 0.25) is 21.1 Å². The monoisotopic (exact) mass is 607 g/mol. The number of hydrogen-bond acceptors (Lipinski definition) is 11. The van der Waals surface area contributed by atoms with Crippen LogP contribution >= 0.6 is 23.5 Å². The van der Waals surface area contributed by atoms with Gasteiger partial charge in [0.1, 0.15) is 28.6 Å². The van der Waals surface area contributed by atoms with E-state index in [-0.39, 0.29) is 35.4 Å². The van der Waals surface area contributed by atoms with Crippen LogP contribution < -0.4 is 10.0 Å². The van der Waals surface area contributed by atoms with Gasteiger partial charge in [0.15, 0.2) is 0 Å². The van der Waals surface area contributed by atoms with E-state index in [1.165, 1.54) is 4.68 Å². The number of carbonyl (C=O) groups is 3. The van der Waals surface area contributed by atoms with Crippen LogP contribution in [0.15, 0.2) is 16.4 Å². The van der Waals surface area contributed by atoms with Crippen LogP contribution in [0.4, 0.5) is 13.2 Å². The highest BCUT2D eigenvalue weighted by Crippen LogP contribution is 2.41. The molecule has 1 unspecified atom stereocenters. The summed E-state index contributed by atoms with van der Waals surface area (Å²) >= 11 is 2.22. The molecular formula is C16H20F3N7O7S4. The van der Waals surface area contributed by atoms with E-state index in [9.17, 15) is 45.3 Å². The number of carboxylic acids is 1. The van der Waals surface area contributed by atoms with E-state index in [4.69, 9.17) is 0 Å². The Balaban J connectivity index is 1.62. The van der Waals surface area contributed by atoms with Crippen LogP contribution in [0.3, 0.4) is 0 Å². The molecular weight excluding hydrogens is 587 g/mol. The quantitative estimate of drug-likeness (QED) is 0.182. The molecule has 0 aromatic carbocycles. The zero-order chi connectivity index (χ0) is 27.5. The largest absolute Gasteiger partial charge is 0.477 e. The first-order valence-electron chi connectivity index (χ1n) is 10.1. The summed E-state index contributed by atoms with van der Waals surface area (Å²) < 4.78 is 74.5. The second-order valence-electron chi connectivity index (χ2n) is 7.70. The first-order valence-corrected chi connectivity index (χ1v) is 15.5. The highest BCUT2D eigenvalue weighted by molar-refractivity contribution is 8.01. The van der Waals surface area contributed by atoms with Gasteiger partial charge in [-0.05, 0) is 16.0 Å². The van der Waals surface area contributed by atoms with Gasteiger partial charge in [-0.1, -0.05) is 11.8 Å². The number of carboxylic acid groups (broad SMARTS) is 1. The molecule has 37 heavy (non-hydrogen) atoms. The molecule has 0 aliphatic carbocycles. The number of halogens is 3. The molecule has 3 atom stereocenters. The Morgan fingerprint density at radius 1 is 1.35 bits per heavy atom. The molecule has 206 valence electrons. The smallest absolute Gasteiger partial charge is 0.400 e. The number of aliphatic carboxylic acids is 1. The summed E-state index contributed by atoms with van der Waals surface area (Å²) in [6.07, 6.45) is -3.71. The Kier molecular flexibility index (Phi) is 9.24. The molecule has 2 aliphatic heterocycles. The molecule has 1 aromatic rings. The minimum atomic E-state index is -4.71. The van der Waals surface area contributed by atoms with Crippen LogP contribution in [0.25, 0.3) is 0 Å². The minimum absolute atomic E-state index is 0.0250. The van der Waals surface area contributed by atoms with Crippen molar-refractivity contribution in [2.45, 2.75) is 29.3 Å². The zero-order valence-electron chi connectivity index (χ0n) is 18.8. The summed E-state index contributed by atoms with van der Waals surface area (Å²) in [5.41, 5.74) is 0.0807. The predicted octanol–water partition coefficient (Wildman–Crippen LogP) is -1.64. The molecule has 3 rings (SSSR count). The molecule has 14 nitrogen and oxygen atoms in total. The van der Waals surface area contributed by atoms with Crippen LogP contribution in [0.5, 0.6) is 0 Å². The van der Waals surface area contributed by atoms with Crippen molar-refractivity contribution in [1.29, 1.82) is 0 Å². The Morgan fingerprint density at radius 2 is 2.05 bits per heavy atom. The van der Waals surface area contributed by atoms with E-state index in [1.807, 2.05) is 0 Å². The van der Waals surface area contributed by atoms with Crippen LogP contribution in [-0.4, -0.2) is 114 Å². The van der Waals surface area contributed by atoms with Gasteiger partial charge in [-0.15, -0.1) is 16.9 Å². The van der Waals surface area contributed by atoms with Crippen LogP contribution in [0.2, 0.25) is 0 Å². The van der Waals surface area contributed by atoms with E-state index in [2.05, 4.69) is 25.6 Å². The molecule has 0 saturated carbocycles. The van der Waals surface area contributed by atoms with E-state index >= 15 is 0 Å². The van der Waals surface area contributed by atoms with E-state index in [0.29, 0.717) is 5.57 Å². The molecule has 0 spiro atoms. The van der Waals surface area contributed by atoms with Gasteiger partial charge < -0.3 is 10.4 Å². The zero-order valence-corrected chi connectivity index (χ0v) is 22.1. The third-order valence-corrected chi connectivity index (χ3v) is 9.09. The van der Waals surface area contributed by atoms with Crippen molar-refractivity contribution in [2.24, 2.45) is 0 Å². The van der Waals surface area contributed by atoms with Gasteiger partial charge >= 0.3 is 12.1 Å². The summed E-state index contributed by atoms with van der Waals surface area (Å²) in [4.78, 5) is 37.6. The number of carbonyl (C=O) groups excluding carboxylic acids is 2. The topological polar surface area (TPSA) is 194 Å². The van der Waals surface area contributed by atoms with Crippen molar-refractivity contribution >= 4 is 62.1 Å². The van der Waals surface area contributed by atoms with Crippen molar-refractivity contribution < 1.29 is 45.3 Å². The summed E-state index contributed by atoms with van der Waals surface area (Å²) in [6.45, 7) is 0.140. The lowest BCUT2D eigenvalue weighted by Crippen LogP contribution is -2.70. The minimum Gasteiger partial charge on any atom is -0.477 e. The Bertz CT molecular complexity index is 1240. The number of sulfonamides is 1. The van der Waals surface area contributed by atoms with Crippen LogP contribution in [0.1, 0.15) is 0 Å². The van der Waals surface area contributed by atoms with Crippen LogP contribution in [-0.2, 0) is 41.8 Å². The number of amides is 2. The van der Waals surface area contributed by atoms with Crippen molar-refractivity contribution in [2.75, 3.05) is 35.8 Å². The van der Waals surface area contributed by atoms with E-state index < -0.39 is 67.7 Å². The predicted molar refractivity (Wildman–Crippen MR) is 125 cm³/mol. The number of nitrogens with zero attached hydrogens (tertiary/aromatic N) is 5. The Hall–Kier alpha value is -2.23. The SMILES string of the molecule is CS(=O)(=O)NCCn1nnnc1SCC1=C(C(=O)O)N2C(=O)[C@@H](NC(=O)CS(=O)CC(F)(F)F)[C@H]2SC1. The van der Waals surface area contributed by atoms with Gasteiger partial charge in [-0.3, -0.25) is 18.7 Å². The average Bonchev–Trinajstić information content (AvgIpc) is 3.20. The number of thioether (sulfide) groups is 2. The third kappa shape index (κ3) is 7.88. The second-order valence-corrected chi connectivity index (χ2v) is 13.0. The van der Waals surface area contributed by atoms with Gasteiger partial charge in [0.05, 0.1) is 12.8 Å². The standard InChI is InChI=1S/C16H20F3N7O7S4/c1-37(32,33)20-2-3-25-15(22-23-24-25)35-5-8-4-34-13-10(12(28)26(13)11(8)14(29)30)21-9(27)6-36(31)7-16(17,18)19/h10,13,20H,2-7H2,1H3,(H,21,27)(H,29,30)/t10-,13-,36?/m1/s1. The fraction of sp³-hybridized carbons (Fsp3) is 0.625. The number of fused-ring (bicyclic) bond motifs is 1. The van der Waals surface area contributed by atoms with Crippen molar-refractivity contribution in [1.82, 2.24) is 35.1 Å². The molecule has 1 aromatic heterocycles. The number of β-lactam (4-membered cyclic amide) rings is 1. The summed E-state index contributed by atoms with van der Waals surface area (Å²) in [7, 11) is -5.92. The average molecular weight is 608 g/mol. The lowest BCUT2D eigenvalue weighted by atomic mass is 10.0. The maximum atomic E-state index is 12.6. The molecule has 2 aliphatic rings.